The molecule has 0 bridgehead atoms. The van der Waals surface area contributed by atoms with E-state index in [1.54, 1.807) is 13.2 Å². The molecule has 0 unspecified atom stereocenters. The highest BCUT2D eigenvalue weighted by atomic mass is 32.2. The Balaban J connectivity index is 2.30. The van der Waals surface area contributed by atoms with Crippen LogP contribution in [0, 0.1) is 10.1 Å². The third-order valence-electron chi connectivity index (χ3n) is 2.58. The molecular formula is C12H10F3N3O3S. The van der Waals surface area contributed by atoms with Crippen LogP contribution in [0.5, 0.6) is 5.88 Å². The van der Waals surface area contributed by atoms with Gasteiger partial charge in [-0.3, -0.25) is 14.8 Å². The lowest BCUT2D eigenvalue weighted by Gasteiger charge is -2.11. The summed E-state index contributed by atoms with van der Waals surface area (Å²) in [4.78, 5) is 9.99. The highest BCUT2D eigenvalue weighted by Gasteiger charge is 2.32. The van der Waals surface area contributed by atoms with Crippen molar-refractivity contribution in [2.75, 3.05) is 0 Å². The maximum absolute atomic E-state index is 12.6. The van der Waals surface area contributed by atoms with Crippen molar-refractivity contribution in [2.45, 2.75) is 17.0 Å². The molecule has 0 saturated carbocycles. The molecule has 118 valence electrons. The molecule has 0 atom stereocenters. The SMILES string of the molecule is Cn1ccc(OCc2c(SC(F)(F)F)cccc2[N+](=O)[O-])n1. The van der Waals surface area contributed by atoms with Crippen molar-refractivity contribution in [2.24, 2.45) is 7.05 Å². The van der Waals surface area contributed by atoms with E-state index in [-0.39, 0.29) is 22.9 Å². The number of nitro benzene ring substituents is 1. The van der Waals surface area contributed by atoms with Crippen molar-refractivity contribution in [3.8, 4) is 5.88 Å². The van der Waals surface area contributed by atoms with Gasteiger partial charge in [-0.2, -0.15) is 13.2 Å². The fourth-order valence-corrected chi connectivity index (χ4v) is 2.39. The number of alkyl halides is 3. The zero-order valence-electron chi connectivity index (χ0n) is 11.2. The summed E-state index contributed by atoms with van der Waals surface area (Å²) in [6.45, 7) is -0.382. The molecular weight excluding hydrogens is 323 g/mol. The molecule has 2 aromatic rings. The molecule has 0 aliphatic heterocycles. The summed E-state index contributed by atoms with van der Waals surface area (Å²) in [6.07, 6.45) is 1.58. The van der Waals surface area contributed by atoms with Crippen LogP contribution in [0.15, 0.2) is 35.4 Å². The molecule has 0 aliphatic carbocycles. The van der Waals surface area contributed by atoms with Crippen LogP contribution in [0.3, 0.4) is 0 Å². The first-order chi connectivity index (χ1) is 10.3. The van der Waals surface area contributed by atoms with Crippen LogP contribution in [0.1, 0.15) is 5.56 Å². The number of nitrogens with zero attached hydrogens (tertiary/aromatic N) is 3. The van der Waals surface area contributed by atoms with Gasteiger partial charge in [-0.15, -0.1) is 5.10 Å². The first-order valence-corrected chi connectivity index (χ1v) is 6.72. The summed E-state index contributed by atoms with van der Waals surface area (Å²) >= 11 is -0.411. The molecule has 0 saturated heterocycles. The largest absolute Gasteiger partial charge is 0.471 e. The van der Waals surface area contributed by atoms with Crippen molar-refractivity contribution in [1.82, 2.24) is 9.78 Å². The molecule has 1 aromatic heterocycles. The maximum atomic E-state index is 12.6. The minimum atomic E-state index is -4.55. The molecule has 22 heavy (non-hydrogen) atoms. The Morgan fingerprint density at radius 3 is 2.68 bits per heavy atom. The number of aromatic nitrogens is 2. The predicted octanol–water partition coefficient (Wildman–Crippen LogP) is 3.52. The fourth-order valence-electron chi connectivity index (χ4n) is 1.71. The highest BCUT2D eigenvalue weighted by Crippen LogP contribution is 2.41. The van der Waals surface area contributed by atoms with Crippen LogP contribution in [0.25, 0.3) is 0 Å². The smallest absolute Gasteiger partial charge is 0.446 e. The lowest BCUT2D eigenvalue weighted by Crippen LogP contribution is -2.06. The van der Waals surface area contributed by atoms with Gasteiger partial charge in [-0.05, 0) is 17.8 Å². The van der Waals surface area contributed by atoms with Crippen LogP contribution in [-0.2, 0) is 13.7 Å². The molecule has 0 N–H and O–H groups in total. The molecule has 0 radical (unpaired) electrons. The van der Waals surface area contributed by atoms with E-state index >= 15 is 0 Å². The summed E-state index contributed by atoms with van der Waals surface area (Å²) in [7, 11) is 1.64. The van der Waals surface area contributed by atoms with Gasteiger partial charge in [0.15, 0.2) is 0 Å². The second-order valence-corrected chi connectivity index (χ2v) is 5.28. The molecule has 0 amide bonds. The van der Waals surface area contributed by atoms with Gasteiger partial charge in [0, 0.05) is 30.3 Å². The van der Waals surface area contributed by atoms with Crippen molar-refractivity contribution in [3.05, 3.63) is 46.1 Å². The lowest BCUT2D eigenvalue weighted by atomic mass is 10.2. The maximum Gasteiger partial charge on any atom is 0.446 e. The third-order valence-corrected chi connectivity index (χ3v) is 3.42. The molecule has 1 heterocycles. The van der Waals surface area contributed by atoms with Gasteiger partial charge in [0.2, 0.25) is 5.88 Å². The fraction of sp³-hybridized carbons (Fsp3) is 0.250. The summed E-state index contributed by atoms with van der Waals surface area (Å²) < 4.78 is 44.4. The van der Waals surface area contributed by atoms with Crippen LogP contribution in [-0.4, -0.2) is 20.2 Å². The number of ether oxygens (including phenoxy) is 1. The predicted molar refractivity (Wildman–Crippen MR) is 72.5 cm³/mol. The van der Waals surface area contributed by atoms with Gasteiger partial charge >= 0.3 is 5.51 Å². The molecule has 1 aromatic carbocycles. The number of halogens is 3. The molecule has 10 heteroatoms. The van der Waals surface area contributed by atoms with Crippen molar-refractivity contribution >= 4 is 17.4 Å². The van der Waals surface area contributed by atoms with E-state index in [0.717, 1.165) is 6.07 Å². The number of rotatable bonds is 5. The molecule has 2 rings (SSSR count). The molecule has 6 nitrogen and oxygen atoms in total. The van der Waals surface area contributed by atoms with Gasteiger partial charge in [0.1, 0.15) is 6.61 Å². The van der Waals surface area contributed by atoms with E-state index in [1.807, 2.05) is 0 Å². The van der Waals surface area contributed by atoms with E-state index in [1.165, 1.54) is 22.9 Å². The van der Waals surface area contributed by atoms with E-state index in [2.05, 4.69) is 5.10 Å². The molecule has 0 fully saturated rings. The Bertz CT molecular complexity index is 688. The Kier molecular flexibility index (Phi) is 4.59. The summed E-state index contributed by atoms with van der Waals surface area (Å²) in [5.41, 5.74) is -5.11. The van der Waals surface area contributed by atoms with Crippen LogP contribution < -0.4 is 4.74 Å². The first-order valence-electron chi connectivity index (χ1n) is 5.91. The highest BCUT2D eigenvalue weighted by molar-refractivity contribution is 8.00. The van der Waals surface area contributed by atoms with Gasteiger partial charge in [-0.1, -0.05) is 6.07 Å². The summed E-state index contributed by atoms with van der Waals surface area (Å²) in [5.74, 6) is 0.170. The second-order valence-electron chi connectivity index (χ2n) is 4.18. The number of hydrogen-bond acceptors (Lipinski definition) is 5. The van der Waals surface area contributed by atoms with Gasteiger partial charge in [0.25, 0.3) is 5.69 Å². The van der Waals surface area contributed by atoms with Crippen LogP contribution in [0.4, 0.5) is 18.9 Å². The monoisotopic (exact) mass is 333 g/mol. The minimum absolute atomic E-state index is 0.138. The van der Waals surface area contributed by atoms with Gasteiger partial charge < -0.3 is 4.74 Å². The van der Waals surface area contributed by atoms with Crippen LogP contribution in [0.2, 0.25) is 0 Å². The number of nitro groups is 1. The topological polar surface area (TPSA) is 70.2 Å². The van der Waals surface area contributed by atoms with Crippen molar-refractivity contribution in [1.29, 1.82) is 0 Å². The Labute approximate surface area is 127 Å². The Morgan fingerprint density at radius 1 is 1.41 bits per heavy atom. The Hall–Kier alpha value is -2.23. The van der Waals surface area contributed by atoms with E-state index in [9.17, 15) is 23.3 Å². The quantitative estimate of drug-likeness (QED) is 0.476. The zero-order valence-corrected chi connectivity index (χ0v) is 12.0. The van der Waals surface area contributed by atoms with E-state index < -0.39 is 27.9 Å². The average molecular weight is 333 g/mol. The van der Waals surface area contributed by atoms with E-state index in [0.29, 0.717) is 0 Å². The minimum Gasteiger partial charge on any atom is -0.471 e. The number of aryl methyl sites for hydroxylation is 1. The average Bonchev–Trinajstić information content (AvgIpc) is 2.81. The second kappa shape index (κ2) is 6.26. The molecule has 0 spiro atoms. The van der Waals surface area contributed by atoms with E-state index in [4.69, 9.17) is 4.74 Å². The first kappa shape index (κ1) is 16.1. The zero-order chi connectivity index (χ0) is 16.3. The lowest BCUT2D eigenvalue weighted by molar-refractivity contribution is -0.386. The normalized spacial score (nSPS) is 11.5. The number of thioether (sulfide) groups is 1. The van der Waals surface area contributed by atoms with Crippen molar-refractivity contribution in [3.63, 3.8) is 0 Å². The summed E-state index contributed by atoms with van der Waals surface area (Å²) in [6, 6.07) is 5.02. The number of hydrogen-bond donors (Lipinski definition) is 0. The Morgan fingerprint density at radius 2 is 2.14 bits per heavy atom. The van der Waals surface area contributed by atoms with Gasteiger partial charge in [0.05, 0.1) is 10.5 Å². The van der Waals surface area contributed by atoms with Crippen molar-refractivity contribution < 1.29 is 22.8 Å². The molecule has 0 aliphatic rings. The van der Waals surface area contributed by atoms with Crippen LogP contribution >= 0.6 is 11.8 Å². The number of benzene rings is 1. The standard InChI is InChI=1S/C12H10F3N3O3S/c1-17-6-5-11(16-17)21-7-8-9(18(19)20)3-2-4-10(8)22-12(13,14)15/h2-6H,7H2,1H3. The van der Waals surface area contributed by atoms with Gasteiger partial charge in [-0.25, -0.2) is 0 Å². The third kappa shape index (κ3) is 4.13. The summed E-state index contributed by atoms with van der Waals surface area (Å²) in [5, 5.41) is 14.9.